The molecule has 1 atom stereocenters. The third kappa shape index (κ3) is 4.17. The van der Waals surface area contributed by atoms with Crippen LogP contribution in [0.1, 0.15) is 6.42 Å². The lowest BCUT2D eigenvalue weighted by atomic mass is 10.3. The van der Waals surface area contributed by atoms with Crippen molar-refractivity contribution < 1.29 is 22.0 Å². The maximum absolute atomic E-state index is 13.3. The summed E-state index contributed by atoms with van der Waals surface area (Å²) in [5.74, 6) is -1.73. The van der Waals surface area contributed by atoms with Gasteiger partial charge in [0.05, 0.1) is 22.9 Å². The molecular weight excluding hydrogens is 308 g/mol. The lowest BCUT2D eigenvalue weighted by Crippen LogP contribution is -2.18. The third-order valence-electron chi connectivity index (χ3n) is 2.85. The second-order valence-corrected chi connectivity index (χ2v) is 8.03. The molecule has 0 bridgehead atoms. The molecule has 1 N–H and O–H groups in total. The van der Waals surface area contributed by atoms with Crippen LogP contribution < -0.4 is 5.32 Å². The van der Waals surface area contributed by atoms with Crippen LogP contribution in [0.3, 0.4) is 0 Å². The molecule has 0 aromatic heterocycles. The Morgan fingerprint density at radius 2 is 2.15 bits per heavy atom. The fourth-order valence-electron chi connectivity index (χ4n) is 1.86. The Hall–Kier alpha value is -1.15. The number of carbonyl (C=O) groups excluding carboxylic acids is 1. The van der Waals surface area contributed by atoms with Gasteiger partial charge in [0.25, 0.3) is 0 Å². The lowest BCUT2D eigenvalue weighted by Gasteiger charge is -2.09. The molecule has 0 aliphatic carbocycles. The van der Waals surface area contributed by atoms with Crippen LogP contribution >= 0.6 is 11.8 Å². The van der Waals surface area contributed by atoms with Gasteiger partial charge >= 0.3 is 0 Å². The predicted molar refractivity (Wildman–Crippen MR) is 74.5 cm³/mol. The van der Waals surface area contributed by atoms with Gasteiger partial charge < -0.3 is 5.32 Å². The Balaban J connectivity index is 1.84. The Morgan fingerprint density at radius 1 is 1.40 bits per heavy atom. The van der Waals surface area contributed by atoms with Crippen molar-refractivity contribution in [3.63, 3.8) is 0 Å². The fraction of sp³-hybridized carbons (Fsp3) is 0.417. The van der Waals surface area contributed by atoms with E-state index in [2.05, 4.69) is 5.32 Å². The molecule has 1 aliphatic rings. The first-order valence-electron chi connectivity index (χ1n) is 5.93. The van der Waals surface area contributed by atoms with Crippen molar-refractivity contribution in [2.75, 3.05) is 22.6 Å². The number of anilines is 1. The van der Waals surface area contributed by atoms with E-state index in [1.54, 1.807) is 0 Å². The molecule has 20 heavy (non-hydrogen) atoms. The predicted octanol–water partition coefficient (Wildman–Crippen LogP) is 1.82. The first-order valence-corrected chi connectivity index (χ1v) is 8.80. The molecule has 1 heterocycles. The summed E-state index contributed by atoms with van der Waals surface area (Å²) in [7, 11) is -2.97. The van der Waals surface area contributed by atoms with Crippen LogP contribution in [0.2, 0.25) is 0 Å². The molecule has 0 saturated carbocycles. The van der Waals surface area contributed by atoms with Crippen LogP contribution in [0.5, 0.6) is 0 Å². The van der Waals surface area contributed by atoms with Gasteiger partial charge in [0, 0.05) is 11.3 Å². The highest BCUT2D eigenvalue weighted by molar-refractivity contribution is 8.02. The summed E-state index contributed by atoms with van der Waals surface area (Å²) >= 11 is 1.23. The first-order chi connectivity index (χ1) is 9.35. The summed E-state index contributed by atoms with van der Waals surface area (Å²) in [6.07, 6.45) is 0.533. The minimum Gasteiger partial charge on any atom is -0.323 e. The number of thioether (sulfide) groups is 1. The molecule has 0 spiro atoms. The summed E-state index contributed by atoms with van der Waals surface area (Å²) < 4.78 is 48.5. The van der Waals surface area contributed by atoms with Gasteiger partial charge in [0.2, 0.25) is 5.91 Å². The van der Waals surface area contributed by atoms with Crippen molar-refractivity contribution in [2.24, 2.45) is 0 Å². The second-order valence-electron chi connectivity index (χ2n) is 4.51. The smallest absolute Gasteiger partial charge is 0.234 e. The van der Waals surface area contributed by atoms with Crippen LogP contribution in [0.25, 0.3) is 0 Å². The molecule has 1 aliphatic heterocycles. The van der Waals surface area contributed by atoms with Crippen molar-refractivity contribution in [1.29, 1.82) is 0 Å². The summed E-state index contributed by atoms with van der Waals surface area (Å²) in [6.45, 7) is 0. The number of sulfone groups is 1. The Kier molecular flexibility index (Phi) is 4.64. The minimum atomic E-state index is -2.97. The van der Waals surface area contributed by atoms with Gasteiger partial charge in [0.15, 0.2) is 9.84 Å². The number of halogens is 2. The fourth-order valence-corrected chi connectivity index (χ4v) is 5.31. The number of rotatable bonds is 4. The number of benzene rings is 1. The average molecular weight is 321 g/mol. The maximum atomic E-state index is 13.3. The second kappa shape index (κ2) is 6.09. The van der Waals surface area contributed by atoms with E-state index in [0.717, 1.165) is 12.1 Å². The van der Waals surface area contributed by atoms with Gasteiger partial charge in [-0.25, -0.2) is 17.2 Å². The SMILES string of the molecule is O=C(CS[C@@H]1CCS(=O)(=O)C1)Nc1ccc(F)cc1F. The van der Waals surface area contributed by atoms with Crippen LogP contribution in [0.15, 0.2) is 18.2 Å². The van der Waals surface area contributed by atoms with E-state index in [9.17, 15) is 22.0 Å². The first kappa shape index (κ1) is 15.2. The van der Waals surface area contributed by atoms with Crippen LogP contribution in [0, 0.1) is 11.6 Å². The normalized spacial score (nSPS) is 20.8. The molecule has 1 aromatic carbocycles. The van der Waals surface area contributed by atoms with Gasteiger partial charge in [-0.1, -0.05) is 0 Å². The van der Waals surface area contributed by atoms with Crippen LogP contribution in [-0.4, -0.2) is 36.8 Å². The van der Waals surface area contributed by atoms with Crippen molar-refractivity contribution in [2.45, 2.75) is 11.7 Å². The van der Waals surface area contributed by atoms with E-state index >= 15 is 0 Å². The number of hydrogen-bond acceptors (Lipinski definition) is 4. The molecule has 110 valence electrons. The summed E-state index contributed by atoms with van der Waals surface area (Å²) in [4.78, 5) is 11.6. The van der Waals surface area contributed by atoms with Gasteiger partial charge in [-0.2, -0.15) is 0 Å². The Labute approximate surface area is 119 Å². The van der Waals surface area contributed by atoms with Gasteiger partial charge in [-0.3, -0.25) is 4.79 Å². The van der Waals surface area contributed by atoms with Crippen molar-refractivity contribution in [3.05, 3.63) is 29.8 Å². The highest BCUT2D eigenvalue weighted by Gasteiger charge is 2.28. The van der Waals surface area contributed by atoms with Crippen LogP contribution in [-0.2, 0) is 14.6 Å². The number of carbonyl (C=O) groups is 1. The van der Waals surface area contributed by atoms with Crippen LogP contribution in [0.4, 0.5) is 14.5 Å². The highest BCUT2D eigenvalue weighted by atomic mass is 32.2. The summed E-state index contributed by atoms with van der Waals surface area (Å²) in [5, 5.41) is 2.24. The zero-order chi connectivity index (χ0) is 14.8. The molecule has 1 fully saturated rings. The topological polar surface area (TPSA) is 63.2 Å². The monoisotopic (exact) mass is 321 g/mol. The van der Waals surface area contributed by atoms with E-state index in [4.69, 9.17) is 0 Å². The third-order valence-corrected chi connectivity index (χ3v) is 6.13. The Morgan fingerprint density at radius 3 is 2.75 bits per heavy atom. The maximum Gasteiger partial charge on any atom is 0.234 e. The molecule has 1 saturated heterocycles. The Bertz CT molecular complexity index is 619. The van der Waals surface area contributed by atoms with E-state index in [0.29, 0.717) is 12.5 Å². The summed E-state index contributed by atoms with van der Waals surface area (Å²) in [5.41, 5.74) is -0.0870. The number of hydrogen-bond donors (Lipinski definition) is 1. The zero-order valence-electron chi connectivity index (χ0n) is 10.4. The van der Waals surface area contributed by atoms with Crippen molar-refractivity contribution in [3.8, 4) is 0 Å². The quantitative estimate of drug-likeness (QED) is 0.919. The largest absolute Gasteiger partial charge is 0.323 e. The molecular formula is C12H13F2NO3S2. The molecule has 2 rings (SSSR count). The molecule has 1 amide bonds. The molecule has 4 nitrogen and oxygen atoms in total. The highest BCUT2D eigenvalue weighted by Crippen LogP contribution is 2.24. The molecule has 0 radical (unpaired) electrons. The van der Waals surface area contributed by atoms with Gasteiger partial charge in [-0.15, -0.1) is 11.8 Å². The average Bonchev–Trinajstić information content (AvgIpc) is 2.70. The van der Waals surface area contributed by atoms with E-state index in [1.807, 2.05) is 0 Å². The van der Waals surface area contributed by atoms with Gasteiger partial charge in [-0.05, 0) is 18.6 Å². The molecule has 0 unspecified atom stereocenters. The standard InChI is InChI=1S/C12H13F2NO3S2/c13-8-1-2-11(10(14)5-8)15-12(16)6-19-9-3-4-20(17,18)7-9/h1-2,5,9H,3-4,6-7H2,(H,15,16)/t9-/m1/s1. The zero-order valence-corrected chi connectivity index (χ0v) is 12.1. The van der Waals surface area contributed by atoms with E-state index in [1.165, 1.54) is 11.8 Å². The van der Waals surface area contributed by atoms with Crippen molar-refractivity contribution in [1.82, 2.24) is 0 Å². The van der Waals surface area contributed by atoms with Gasteiger partial charge in [0.1, 0.15) is 11.6 Å². The number of amides is 1. The number of nitrogens with one attached hydrogen (secondary N) is 1. The molecule has 1 aromatic rings. The van der Waals surface area contributed by atoms with E-state index < -0.39 is 27.4 Å². The minimum absolute atomic E-state index is 0.0387. The van der Waals surface area contributed by atoms with E-state index in [-0.39, 0.29) is 28.2 Å². The lowest BCUT2D eigenvalue weighted by molar-refractivity contribution is -0.113. The van der Waals surface area contributed by atoms with Crippen molar-refractivity contribution >= 4 is 33.2 Å². The summed E-state index contributed by atoms with van der Waals surface area (Å²) in [6, 6.07) is 2.88. The molecule has 8 heteroatoms.